The van der Waals surface area contributed by atoms with Gasteiger partial charge in [0.25, 0.3) is 0 Å². The topological polar surface area (TPSA) is 88.0 Å². The van der Waals surface area contributed by atoms with Crippen LogP contribution in [-0.2, 0) is 4.79 Å². The highest BCUT2D eigenvalue weighted by atomic mass is 16.5. The van der Waals surface area contributed by atoms with Gasteiger partial charge in [-0.3, -0.25) is 14.3 Å². The highest BCUT2D eigenvalue weighted by molar-refractivity contribution is 5.84. The average molecular weight is 291 g/mol. The number of nitrogens with one attached hydrogen (secondary N) is 2. The lowest BCUT2D eigenvalue weighted by molar-refractivity contribution is -0.126. The fourth-order valence-electron chi connectivity index (χ4n) is 4.83. The number of carbonyl (C=O) groups is 1. The van der Waals surface area contributed by atoms with Crippen molar-refractivity contribution in [2.45, 2.75) is 45.6 Å². The third kappa shape index (κ3) is 1.88. The van der Waals surface area contributed by atoms with Crippen LogP contribution in [0, 0.1) is 29.1 Å². The number of hydrogen-bond acceptors (Lipinski definition) is 4. The van der Waals surface area contributed by atoms with E-state index in [1.165, 1.54) is 12.8 Å². The number of H-pyrrole nitrogens is 1. The molecule has 1 aromatic heterocycles. The molecule has 4 atom stereocenters. The van der Waals surface area contributed by atoms with Crippen molar-refractivity contribution in [1.82, 2.24) is 15.5 Å². The van der Waals surface area contributed by atoms with E-state index in [2.05, 4.69) is 20.0 Å². The molecular weight excluding hydrogens is 270 g/mol. The van der Waals surface area contributed by atoms with E-state index >= 15 is 0 Å². The Labute approximate surface area is 122 Å². The van der Waals surface area contributed by atoms with Crippen LogP contribution in [0.1, 0.15) is 45.4 Å². The van der Waals surface area contributed by atoms with Gasteiger partial charge in [0, 0.05) is 6.04 Å². The molecule has 21 heavy (non-hydrogen) atoms. The van der Waals surface area contributed by atoms with Crippen molar-refractivity contribution in [2.75, 3.05) is 0 Å². The first-order valence-corrected chi connectivity index (χ1v) is 7.72. The summed E-state index contributed by atoms with van der Waals surface area (Å²) in [6, 6.07) is 0.330. The molecule has 4 saturated carbocycles. The summed E-state index contributed by atoms with van der Waals surface area (Å²) in [6.07, 6.45) is 2.56. The van der Waals surface area contributed by atoms with Gasteiger partial charge < -0.3 is 5.32 Å². The number of aromatic nitrogens is 2. The largest absolute Gasteiger partial charge is 0.438 e. The molecule has 4 bridgehead atoms. The standard InChI is InChI=1S/C15H21N3O3/c1-15(2,3)10(12-17-14(20)21-18-12)13(19)16-11-6-4-7-8(5-6)9(7)11/h6-11H,4-5H2,1-3H3,(H,16,19)(H,17,18,20). The van der Waals surface area contributed by atoms with E-state index in [1.807, 2.05) is 20.8 Å². The number of amides is 1. The Morgan fingerprint density at radius 1 is 1.38 bits per heavy atom. The molecule has 0 aliphatic heterocycles. The van der Waals surface area contributed by atoms with Crippen LogP contribution in [0.5, 0.6) is 0 Å². The summed E-state index contributed by atoms with van der Waals surface area (Å²) < 4.78 is 4.58. The fourth-order valence-corrected chi connectivity index (χ4v) is 4.83. The molecule has 4 unspecified atom stereocenters. The lowest BCUT2D eigenvalue weighted by atomic mass is 9.79. The van der Waals surface area contributed by atoms with E-state index in [9.17, 15) is 9.59 Å². The Bertz CT molecular complexity index is 627. The van der Waals surface area contributed by atoms with Crippen LogP contribution in [0.15, 0.2) is 9.32 Å². The molecule has 1 heterocycles. The fraction of sp³-hybridized carbons (Fsp3) is 0.800. The minimum Gasteiger partial charge on any atom is -0.352 e. The van der Waals surface area contributed by atoms with Crippen LogP contribution < -0.4 is 11.1 Å². The zero-order valence-electron chi connectivity index (χ0n) is 12.6. The summed E-state index contributed by atoms with van der Waals surface area (Å²) in [5, 5.41) is 6.97. The van der Waals surface area contributed by atoms with Crippen molar-refractivity contribution >= 4 is 5.91 Å². The van der Waals surface area contributed by atoms with Crippen LogP contribution in [0.25, 0.3) is 0 Å². The molecule has 6 heteroatoms. The number of nitrogens with zero attached hydrogens (tertiary/aromatic N) is 1. The maximum absolute atomic E-state index is 12.8. The second-order valence-electron chi connectivity index (χ2n) is 7.95. The summed E-state index contributed by atoms with van der Waals surface area (Å²) in [4.78, 5) is 26.5. The highest BCUT2D eigenvalue weighted by Gasteiger charge is 2.68. The van der Waals surface area contributed by atoms with Crippen molar-refractivity contribution in [2.24, 2.45) is 29.1 Å². The molecule has 4 aliphatic carbocycles. The van der Waals surface area contributed by atoms with E-state index in [0.717, 1.165) is 11.8 Å². The number of rotatable bonds is 3. The predicted molar refractivity (Wildman–Crippen MR) is 74.4 cm³/mol. The molecule has 1 aromatic rings. The summed E-state index contributed by atoms with van der Waals surface area (Å²) in [6.45, 7) is 5.91. The molecule has 5 rings (SSSR count). The maximum atomic E-state index is 12.8. The Morgan fingerprint density at radius 3 is 2.48 bits per heavy atom. The van der Waals surface area contributed by atoms with Gasteiger partial charge in [-0.05, 0) is 41.9 Å². The molecule has 1 amide bonds. The monoisotopic (exact) mass is 291 g/mol. The molecule has 6 nitrogen and oxygen atoms in total. The van der Waals surface area contributed by atoms with Gasteiger partial charge in [-0.15, -0.1) is 0 Å². The van der Waals surface area contributed by atoms with Gasteiger partial charge in [0.2, 0.25) is 5.91 Å². The van der Waals surface area contributed by atoms with Gasteiger partial charge >= 0.3 is 5.76 Å². The lowest BCUT2D eigenvalue weighted by Crippen LogP contribution is -2.44. The summed E-state index contributed by atoms with van der Waals surface area (Å²) in [5.41, 5.74) is -0.339. The Morgan fingerprint density at radius 2 is 2.05 bits per heavy atom. The van der Waals surface area contributed by atoms with Gasteiger partial charge in [0.1, 0.15) is 5.92 Å². The third-order valence-electron chi connectivity index (χ3n) is 5.64. The molecule has 114 valence electrons. The molecule has 0 radical (unpaired) electrons. The summed E-state index contributed by atoms with van der Waals surface area (Å²) in [5.74, 6) is 2.25. The van der Waals surface area contributed by atoms with Crippen molar-refractivity contribution in [3.8, 4) is 0 Å². The quantitative estimate of drug-likeness (QED) is 0.877. The second-order valence-corrected chi connectivity index (χ2v) is 7.95. The first kappa shape index (κ1) is 13.1. The smallest absolute Gasteiger partial charge is 0.352 e. The molecular formula is C15H21N3O3. The van der Waals surface area contributed by atoms with Gasteiger partial charge in [-0.2, -0.15) is 0 Å². The second kappa shape index (κ2) is 3.99. The molecule has 2 N–H and O–H groups in total. The van der Waals surface area contributed by atoms with Gasteiger partial charge in [0.05, 0.1) is 0 Å². The Balaban J connectivity index is 1.56. The van der Waals surface area contributed by atoms with Crippen LogP contribution in [0.3, 0.4) is 0 Å². The average Bonchev–Trinajstić information content (AvgIpc) is 2.85. The normalized spacial score (nSPS) is 37.6. The van der Waals surface area contributed by atoms with Crippen LogP contribution in [-0.4, -0.2) is 22.1 Å². The number of aromatic amines is 1. The van der Waals surface area contributed by atoms with Crippen LogP contribution >= 0.6 is 0 Å². The zero-order chi connectivity index (χ0) is 14.9. The molecule has 4 fully saturated rings. The minimum atomic E-state index is -0.613. The van der Waals surface area contributed by atoms with E-state index in [0.29, 0.717) is 23.7 Å². The van der Waals surface area contributed by atoms with Crippen LogP contribution in [0.2, 0.25) is 0 Å². The Hall–Kier alpha value is -1.59. The zero-order valence-corrected chi connectivity index (χ0v) is 12.6. The number of hydrogen-bond donors (Lipinski definition) is 2. The first-order chi connectivity index (χ1) is 9.86. The predicted octanol–water partition coefficient (Wildman–Crippen LogP) is 1.26. The van der Waals surface area contributed by atoms with Crippen molar-refractivity contribution in [3.63, 3.8) is 0 Å². The van der Waals surface area contributed by atoms with Gasteiger partial charge in [-0.25, -0.2) is 4.79 Å². The van der Waals surface area contributed by atoms with Gasteiger partial charge in [0.15, 0.2) is 5.82 Å². The molecule has 0 aromatic carbocycles. The van der Waals surface area contributed by atoms with E-state index < -0.39 is 11.7 Å². The minimum absolute atomic E-state index is 0.0461. The van der Waals surface area contributed by atoms with E-state index in [4.69, 9.17) is 0 Å². The van der Waals surface area contributed by atoms with Crippen molar-refractivity contribution in [1.29, 1.82) is 0 Å². The first-order valence-electron chi connectivity index (χ1n) is 7.72. The summed E-state index contributed by atoms with van der Waals surface area (Å²) >= 11 is 0. The van der Waals surface area contributed by atoms with Crippen molar-refractivity contribution in [3.05, 3.63) is 16.4 Å². The van der Waals surface area contributed by atoms with Gasteiger partial charge in [-0.1, -0.05) is 25.9 Å². The molecule has 0 spiro atoms. The maximum Gasteiger partial charge on any atom is 0.438 e. The molecule has 0 saturated heterocycles. The molecule has 4 aliphatic rings. The van der Waals surface area contributed by atoms with E-state index in [-0.39, 0.29) is 11.3 Å². The van der Waals surface area contributed by atoms with Crippen molar-refractivity contribution < 1.29 is 9.32 Å². The van der Waals surface area contributed by atoms with Crippen LogP contribution in [0.4, 0.5) is 0 Å². The number of carbonyl (C=O) groups excluding carboxylic acids is 1. The summed E-state index contributed by atoms with van der Waals surface area (Å²) in [7, 11) is 0. The lowest BCUT2D eigenvalue weighted by Gasteiger charge is -2.29. The third-order valence-corrected chi connectivity index (χ3v) is 5.64. The SMILES string of the molecule is CC(C)(C)C(C(=O)NC1C2CC3C(C2)C31)c1noc(=O)[nH]1. The van der Waals surface area contributed by atoms with E-state index in [1.54, 1.807) is 0 Å². The Kier molecular flexibility index (Phi) is 2.49. The highest BCUT2D eigenvalue weighted by Crippen LogP contribution is 2.70.